The third kappa shape index (κ3) is 4.42. The molecule has 1 amide bonds. The predicted octanol–water partition coefficient (Wildman–Crippen LogP) is 0.741. The molecule has 0 saturated heterocycles. The second kappa shape index (κ2) is 7.35. The van der Waals surface area contributed by atoms with Crippen LogP contribution in [0, 0.1) is 6.92 Å². The Balaban J connectivity index is 1.66. The molecule has 3 heterocycles. The van der Waals surface area contributed by atoms with E-state index in [1.54, 1.807) is 24.8 Å². The van der Waals surface area contributed by atoms with Gasteiger partial charge in [-0.3, -0.25) is 4.79 Å². The number of fused-ring (bicyclic) bond motifs is 1. The van der Waals surface area contributed by atoms with E-state index in [2.05, 4.69) is 14.9 Å². The van der Waals surface area contributed by atoms with Crippen molar-refractivity contribution in [3.63, 3.8) is 0 Å². The molecule has 0 bridgehead atoms. The molecule has 3 rings (SSSR count). The average Bonchev–Trinajstić information content (AvgIpc) is 3.02. The van der Waals surface area contributed by atoms with Crippen molar-refractivity contribution in [2.75, 3.05) is 17.6 Å². The number of esters is 1. The number of hydrogen-bond donors (Lipinski definition) is 1. The van der Waals surface area contributed by atoms with Gasteiger partial charge in [-0.05, 0) is 25.5 Å². The van der Waals surface area contributed by atoms with Crippen LogP contribution in [0.25, 0.3) is 0 Å². The number of nitrogens with zero attached hydrogens (tertiary/aromatic N) is 3. The highest BCUT2D eigenvalue weighted by Crippen LogP contribution is 2.18. The fourth-order valence-corrected chi connectivity index (χ4v) is 3.44. The van der Waals surface area contributed by atoms with Gasteiger partial charge in [-0.1, -0.05) is 12.1 Å². The fraction of sp³-hybridized carbons (Fsp3) is 0.375. The van der Waals surface area contributed by atoms with Crippen molar-refractivity contribution >= 4 is 33.6 Å². The second-order valence-corrected chi connectivity index (χ2v) is 7.72. The van der Waals surface area contributed by atoms with Crippen LogP contribution in [0.5, 0.6) is 0 Å². The number of carbonyl (C=O) groups excluding carboxylic acids is 2. The van der Waals surface area contributed by atoms with Crippen molar-refractivity contribution in [3.05, 3.63) is 35.8 Å². The van der Waals surface area contributed by atoms with Gasteiger partial charge in [0.2, 0.25) is 0 Å². The molecule has 11 heteroatoms. The highest BCUT2D eigenvalue weighted by atomic mass is 32.2. The molecule has 0 aliphatic carbocycles. The second-order valence-electron chi connectivity index (χ2n) is 5.96. The predicted molar refractivity (Wildman–Crippen MR) is 95.2 cm³/mol. The number of rotatable bonds is 5. The van der Waals surface area contributed by atoms with E-state index in [0.717, 1.165) is 0 Å². The molecule has 1 aromatic heterocycles. The summed E-state index contributed by atoms with van der Waals surface area (Å²) in [5.74, 6) is -0.347. The Kier molecular flexibility index (Phi) is 5.13. The van der Waals surface area contributed by atoms with Crippen LogP contribution in [0.4, 0.5) is 5.82 Å². The van der Waals surface area contributed by atoms with Crippen molar-refractivity contribution in [2.24, 2.45) is 4.40 Å². The number of nitrogens with one attached hydrogen (secondary N) is 1. The van der Waals surface area contributed by atoms with Gasteiger partial charge in [0.05, 0.1) is 11.3 Å². The fourth-order valence-electron chi connectivity index (χ4n) is 2.47. The van der Waals surface area contributed by atoms with Crippen LogP contribution >= 0.6 is 0 Å². The quantitative estimate of drug-likeness (QED) is 0.724. The smallest absolute Gasteiger partial charge is 0.340 e. The van der Waals surface area contributed by atoms with Crippen molar-refractivity contribution in [3.8, 4) is 0 Å². The lowest BCUT2D eigenvalue weighted by atomic mass is 10.2. The Morgan fingerprint density at radius 2 is 2.19 bits per heavy atom. The summed E-state index contributed by atoms with van der Waals surface area (Å²) in [5.41, 5.74) is 0.191. The monoisotopic (exact) mass is 394 g/mol. The molecule has 0 spiro atoms. The molecule has 10 nitrogen and oxygen atoms in total. The van der Waals surface area contributed by atoms with Crippen molar-refractivity contribution in [2.45, 2.75) is 26.4 Å². The van der Waals surface area contributed by atoms with Crippen molar-refractivity contribution in [1.82, 2.24) is 10.1 Å². The van der Waals surface area contributed by atoms with Crippen LogP contribution in [-0.4, -0.2) is 54.6 Å². The summed E-state index contributed by atoms with van der Waals surface area (Å²) in [6.07, 6.45) is 3.54. The molecule has 0 saturated carbocycles. The van der Waals surface area contributed by atoms with Crippen LogP contribution in [0.3, 0.4) is 0 Å². The first-order chi connectivity index (χ1) is 12.8. The van der Waals surface area contributed by atoms with Crippen LogP contribution in [0.1, 0.15) is 19.1 Å². The Morgan fingerprint density at radius 1 is 1.41 bits per heavy atom. The van der Waals surface area contributed by atoms with Crippen molar-refractivity contribution in [1.29, 1.82) is 0 Å². The zero-order chi connectivity index (χ0) is 19.6. The molecule has 0 aromatic carbocycles. The molecule has 27 heavy (non-hydrogen) atoms. The number of sulfonamides is 1. The summed E-state index contributed by atoms with van der Waals surface area (Å²) in [6.45, 7) is 3.58. The molecular weight excluding hydrogens is 376 g/mol. The van der Waals surface area contributed by atoms with Gasteiger partial charge in [-0.2, -0.15) is 0 Å². The number of aryl methyl sites for hydroxylation is 1. The van der Waals surface area contributed by atoms with Gasteiger partial charge in [-0.15, -0.1) is 4.40 Å². The molecule has 144 valence electrons. The summed E-state index contributed by atoms with van der Waals surface area (Å²) in [6, 6.07) is 1.55. The standard InChI is InChI=1S/C16H18N4O6S/c1-3-12(15(21)17-13-8-10(2)26-18-13)25-16(22)11-4-5-14-19-27(23,24)7-6-20(14)9-11/h4-5,8-9,12H,3,6-7H2,1-2H3,(H,17,18,21). The molecule has 1 aromatic rings. The molecule has 1 atom stereocenters. The van der Waals surface area contributed by atoms with E-state index in [1.807, 2.05) is 0 Å². The number of amides is 1. The van der Waals surface area contributed by atoms with E-state index >= 15 is 0 Å². The minimum Gasteiger partial charge on any atom is -0.449 e. The van der Waals surface area contributed by atoms with Gasteiger partial charge in [0.15, 0.2) is 11.9 Å². The van der Waals surface area contributed by atoms with Gasteiger partial charge < -0.3 is 19.5 Å². The minimum atomic E-state index is -3.47. The van der Waals surface area contributed by atoms with Crippen LogP contribution in [-0.2, 0) is 24.3 Å². The lowest BCUT2D eigenvalue weighted by molar-refractivity contribution is -0.150. The Hall–Kier alpha value is -2.95. The maximum Gasteiger partial charge on any atom is 0.340 e. The molecule has 2 aliphatic heterocycles. The van der Waals surface area contributed by atoms with Crippen LogP contribution in [0.2, 0.25) is 0 Å². The zero-order valence-electron chi connectivity index (χ0n) is 14.7. The maximum absolute atomic E-state index is 12.4. The van der Waals surface area contributed by atoms with Crippen LogP contribution < -0.4 is 5.32 Å². The average molecular weight is 394 g/mol. The Labute approximate surface area is 155 Å². The summed E-state index contributed by atoms with van der Waals surface area (Å²) in [4.78, 5) is 26.2. The third-order valence-corrected chi connectivity index (χ3v) is 5.02. The summed E-state index contributed by atoms with van der Waals surface area (Å²) < 4.78 is 36.8. The lowest BCUT2D eigenvalue weighted by Crippen LogP contribution is -2.38. The minimum absolute atomic E-state index is 0.139. The van der Waals surface area contributed by atoms with Crippen molar-refractivity contribution < 1.29 is 27.3 Å². The molecule has 0 fully saturated rings. The number of ether oxygens (including phenoxy) is 1. The number of carbonyl (C=O) groups is 2. The molecule has 2 aliphatic rings. The topological polar surface area (TPSA) is 131 Å². The maximum atomic E-state index is 12.4. The van der Waals surface area contributed by atoms with Gasteiger partial charge in [0.1, 0.15) is 11.6 Å². The van der Waals surface area contributed by atoms with E-state index < -0.39 is 28.0 Å². The van der Waals surface area contributed by atoms with Gasteiger partial charge in [-0.25, -0.2) is 13.2 Å². The Bertz CT molecular complexity index is 959. The largest absolute Gasteiger partial charge is 0.449 e. The first kappa shape index (κ1) is 18.8. The molecule has 1 unspecified atom stereocenters. The van der Waals surface area contributed by atoms with E-state index in [1.165, 1.54) is 18.4 Å². The van der Waals surface area contributed by atoms with Gasteiger partial charge in [0.25, 0.3) is 15.9 Å². The number of anilines is 1. The highest BCUT2D eigenvalue weighted by Gasteiger charge is 2.28. The summed E-state index contributed by atoms with van der Waals surface area (Å²) in [7, 11) is -3.47. The first-order valence-corrected chi connectivity index (χ1v) is 9.82. The van der Waals surface area contributed by atoms with Crippen LogP contribution in [0.15, 0.2) is 38.9 Å². The lowest BCUT2D eigenvalue weighted by Gasteiger charge is -2.27. The number of amidine groups is 1. The normalized spacial score (nSPS) is 18.8. The van der Waals surface area contributed by atoms with Gasteiger partial charge in [0, 0.05) is 18.8 Å². The summed E-state index contributed by atoms with van der Waals surface area (Å²) >= 11 is 0. The zero-order valence-corrected chi connectivity index (χ0v) is 15.5. The SMILES string of the molecule is CCC(OC(=O)C1=CN2CCS(=O)(=O)N=C2C=C1)C(=O)Nc1cc(C)on1. The third-order valence-electron chi connectivity index (χ3n) is 3.85. The van der Waals surface area contributed by atoms with E-state index in [-0.39, 0.29) is 35.9 Å². The molecule has 0 radical (unpaired) electrons. The van der Waals surface area contributed by atoms with E-state index in [0.29, 0.717) is 5.76 Å². The Morgan fingerprint density at radius 3 is 2.85 bits per heavy atom. The summed E-state index contributed by atoms with van der Waals surface area (Å²) in [5, 5.41) is 6.18. The number of aromatic nitrogens is 1. The van der Waals surface area contributed by atoms with E-state index in [9.17, 15) is 18.0 Å². The van der Waals surface area contributed by atoms with E-state index in [4.69, 9.17) is 9.26 Å². The molecular formula is C16H18N4O6S. The van der Waals surface area contributed by atoms with Gasteiger partial charge >= 0.3 is 5.97 Å². The highest BCUT2D eigenvalue weighted by molar-refractivity contribution is 7.90. The first-order valence-electron chi connectivity index (χ1n) is 8.22. The molecule has 1 N–H and O–H groups in total. The number of hydrogen-bond acceptors (Lipinski definition) is 8.